The lowest BCUT2D eigenvalue weighted by Crippen LogP contribution is -2.88. The van der Waals surface area contributed by atoms with Crippen molar-refractivity contribution in [2.75, 3.05) is 0 Å². The van der Waals surface area contributed by atoms with Gasteiger partial charge in [0.15, 0.2) is 90.4 Å². The zero-order valence-electron chi connectivity index (χ0n) is 40.2. The molecule has 65 heavy (non-hydrogen) atoms. The van der Waals surface area contributed by atoms with Crippen LogP contribution in [-0.2, 0) is 98.8 Å². The van der Waals surface area contributed by atoms with E-state index in [1.165, 1.54) is 0 Å². The van der Waals surface area contributed by atoms with Crippen molar-refractivity contribution in [3.8, 4) is 0 Å². The van der Waals surface area contributed by atoms with E-state index in [1.54, 1.807) is 39.3 Å². The maximum absolute atomic E-state index is 13.1. The van der Waals surface area contributed by atoms with E-state index in [2.05, 4.69) is 0 Å². The Bertz CT molecular complexity index is 1530. The molecule has 5 rings (SSSR count). The molecule has 1 N–H and O–H groups in total. The van der Waals surface area contributed by atoms with Gasteiger partial charge in [-0.25, -0.2) is 0 Å². The zero-order valence-corrected chi connectivity index (χ0v) is 60.2. The number of hydrogen-bond acceptors (Lipinski definition) is 25. The molecule has 0 aliphatic carbocycles. The molecule has 11 radical (unpaired) electrons. The van der Waals surface area contributed by atoms with Crippen molar-refractivity contribution >= 4 is 181 Å². The Morgan fingerprint density at radius 3 is 0.646 bits per heavy atom. The lowest BCUT2D eigenvalue weighted by molar-refractivity contribution is -0.104. The van der Waals surface area contributed by atoms with E-state index in [9.17, 15) is 4.80 Å². The van der Waals surface area contributed by atoms with Crippen molar-refractivity contribution in [2.45, 2.75) is 131 Å². The Morgan fingerprint density at radius 1 is 0.262 bits per heavy atom. The third-order valence-electron chi connectivity index (χ3n) is 6.68. The summed E-state index contributed by atoms with van der Waals surface area (Å²) in [5, 5.41) is 0. The molecule has 0 spiro atoms. The molecule has 9 unspecified atom stereocenters. The minimum Gasteiger partial charge on any atom is -0.414 e. The average Bonchev–Trinajstić information content (AvgIpc) is 2.97. The van der Waals surface area contributed by atoms with Gasteiger partial charge in [-0.15, -0.1) is 0 Å². The molecule has 5 saturated heterocycles. The number of rotatable bonds is 20. The van der Waals surface area contributed by atoms with Crippen LogP contribution in [0.1, 0.15) is 0 Å². The van der Waals surface area contributed by atoms with Crippen LogP contribution in [0.5, 0.6) is 0 Å². The first-order valence-corrected chi connectivity index (χ1v) is 60.1. The predicted octanol–water partition coefficient (Wildman–Crippen LogP) is 1.86. The summed E-state index contributed by atoms with van der Waals surface area (Å²) in [6.07, 6.45) is 0. The van der Waals surface area contributed by atoms with Crippen molar-refractivity contribution in [1.29, 1.82) is 0 Å². The van der Waals surface area contributed by atoms with Gasteiger partial charge in [-0.3, -0.25) is 0 Å². The molecule has 371 valence electrons. The summed E-state index contributed by atoms with van der Waals surface area (Å²) in [5.74, 6) is 0. The van der Waals surface area contributed by atoms with E-state index in [-0.39, 0.29) is 0 Å². The highest BCUT2D eigenvalue weighted by Crippen LogP contribution is 2.48. The van der Waals surface area contributed by atoms with Crippen LogP contribution in [-0.4, -0.2) is 186 Å². The predicted molar refractivity (Wildman–Crippen MR) is 261 cm³/mol. The lowest BCUT2D eigenvalue weighted by atomic mass is 11.9. The third-order valence-corrected chi connectivity index (χ3v) is 60.1. The molecule has 25 nitrogen and oxygen atoms in total. The molecule has 45 heteroatoms. The molecule has 5 fully saturated rings. The molecule has 0 aromatic rings. The standard InChI is InChI=1S/C20H61O25Si20/c1-46(2)22-56-32-58(24-48(5)6)36-60(26-50(9)10)34-57(21,23-47(3)4)35-61(27-51(11)12)41-63(29-53(15)16)39-59(33-56,25-49(7)8)38-62(37-58,28-52(13)14)43-65(44-63,31-55(19)20)45-64(40-60,42-61)30-54(17)18/h21H,1-20H3. The van der Waals surface area contributed by atoms with Gasteiger partial charge in [0.2, 0.25) is 0 Å². The van der Waals surface area contributed by atoms with Gasteiger partial charge in [0.25, 0.3) is 0 Å². The van der Waals surface area contributed by atoms with Crippen molar-refractivity contribution in [1.82, 2.24) is 0 Å². The molecule has 9 atom stereocenters. The van der Waals surface area contributed by atoms with Gasteiger partial charge in [-0.2, -0.15) is 0 Å². The fraction of sp³-hybridized carbons (Fsp3) is 1.00. The molecular weight excluding hydrogens is 1200 g/mol. The van der Waals surface area contributed by atoms with Gasteiger partial charge < -0.3 is 104 Å². The van der Waals surface area contributed by atoms with E-state index in [0.717, 1.165) is 0 Å². The normalized spacial score (nSPS) is 39.6. The topological polar surface area (TPSA) is 242 Å². The molecule has 0 aromatic carbocycles. The zero-order chi connectivity index (χ0) is 48.8. The van der Waals surface area contributed by atoms with Crippen molar-refractivity contribution in [2.24, 2.45) is 0 Å². The van der Waals surface area contributed by atoms with Gasteiger partial charge in [-0.1, -0.05) is 0 Å². The maximum Gasteiger partial charge on any atom is 0.654 e. The van der Waals surface area contributed by atoms with Crippen LogP contribution in [0.3, 0.4) is 0 Å². The summed E-state index contributed by atoms with van der Waals surface area (Å²) in [7, 11) is -70.0. The van der Waals surface area contributed by atoms with Crippen LogP contribution in [0.4, 0.5) is 0 Å². The summed E-state index contributed by atoms with van der Waals surface area (Å²) < 4.78 is 167. The van der Waals surface area contributed by atoms with Gasteiger partial charge in [0.1, 0.15) is 0 Å². The Morgan fingerprint density at radius 2 is 0.446 bits per heavy atom. The quantitative estimate of drug-likeness (QED) is 0.171. The highest BCUT2D eigenvalue weighted by atomic mass is 28.7. The second-order valence-corrected chi connectivity index (χ2v) is 63.6. The molecule has 0 saturated carbocycles. The lowest BCUT2D eigenvalue weighted by Gasteiger charge is -2.56. The second kappa shape index (κ2) is 22.7. The van der Waals surface area contributed by atoms with E-state index in [0.29, 0.717) is 0 Å². The molecule has 0 amide bonds. The van der Waals surface area contributed by atoms with E-state index >= 15 is 0 Å². The Hall–Kier alpha value is 3.34. The highest BCUT2D eigenvalue weighted by molar-refractivity contribution is 7.00. The van der Waals surface area contributed by atoms with E-state index in [4.69, 9.17) is 98.8 Å². The van der Waals surface area contributed by atoms with E-state index < -0.39 is 181 Å². The highest BCUT2D eigenvalue weighted by Gasteiger charge is 2.88. The van der Waals surface area contributed by atoms with Gasteiger partial charge in [0.05, 0.1) is 0 Å². The Labute approximate surface area is 412 Å². The summed E-state index contributed by atoms with van der Waals surface area (Å²) in [6, 6.07) is 0. The van der Waals surface area contributed by atoms with Crippen LogP contribution >= 0.6 is 0 Å². The summed E-state index contributed by atoms with van der Waals surface area (Å²) >= 11 is 0. The first kappa shape index (κ1) is 59.2. The van der Waals surface area contributed by atoms with Crippen molar-refractivity contribution < 1.29 is 104 Å². The molecular formula is C20H61O25Si20. The van der Waals surface area contributed by atoms with Crippen LogP contribution < -0.4 is 0 Å². The average molecular weight is 1260 g/mol. The first-order chi connectivity index (χ1) is 29.7. The summed E-state index contributed by atoms with van der Waals surface area (Å²) in [5.41, 5.74) is 0. The Kier molecular flexibility index (Phi) is 20.7. The maximum atomic E-state index is 13.1. The van der Waals surface area contributed by atoms with E-state index in [1.807, 2.05) is 91.7 Å². The van der Waals surface area contributed by atoms with Crippen molar-refractivity contribution in [3.63, 3.8) is 0 Å². The SMILES string of the molecule is C[Si](C)O[Si]1O[Si]2(O[Si](C)C)O[Si]3(O[Si](C)C)O[Si](O)(O[Si](C)C)O[Si]4(O[Si](C)C)O[Si]5(O[Si](C)C)O[Si](O[Si](C)C)(O1)O[Si](O[Si](C)C)(O2)O[Si](O[Si](C)C)(O5)O[Si](O[Si](C)C)(O3)O4. The largest absolute Gasteiger partial charge is 0.654 e. The second-order valence-electron chi connectivity index (χ2n) is 16.3. The van der Waals surface area contributed by atoms with Crippen LogP contribution in [0.25, 0.3) is 0 Å². The van der Waals surface area contributed by atoms with Crippen LogP contribution in [0.2, 0.25) is 131 Å². The first-order valence-electron chi connectivity index (χ1n) is 20.0. The number of hydrogen-bond donors (Lipinski definition) is 1. The minimum absolute atomic E-state index is 1.71. The summed E-state index contributed by atoms with van der Waals surface area (Å²) in [6.45, 7) is 36.4. The van der Waals surface area contributed by atoms with Crippen LogP contribution in [0, 0.1) is 0 Å². The molecule has 5 aliphatic heterocycles. The van der Waals surface area contributed by atoms with Gasteiger partial charge in [-0.05, 0) is 131 Å². The fourth-order valence-electron chi connectivity index (χ4n) is 5.60. The molecule has 5 aliphatic rings. The monoisotopic (exact) mass is 1260 g/mol. The molecule has 5 heterocycles. The van der Waals surface area contributed by atoms with Gasteiger partial charge in [0, 0.05) is 0 Å². The fourth-order valence-corrected chi connectivity index (χ4v) is 70.7. The smallest absolute Gasteiger partial charge is 0.414 e. The minimum atomic E-state index is -5.36. The van der Waals surface area contributed by atoms with Crippen molar-refractivity contribution in [3.05, 3.63) is 0 Å². The van der Waals surface area contributed by atoms with Gasteiger partial charge >= 0.3 is 91.0 Å². The summed E-state index contributed by atoms with van der Waals surface area (Å²) in [4.78, 5) is 13.1. The third kappa shape index (κ3) is 15.9. The molecule has 8 bridgehead atoms. The number of fused-ring (bicyclic) bond motifs is 5. The molecule has 0 aromatic heterocycles. The van der Waals surface area contributed by atoms with Crippen LogP contribution in [0.15, 0.2) is 0 Å². The Balaban J connectivity index is 2.12.